The molecule has 1 heterocycles. The van der Waals surface area contributed by atoms with Gasteiger partial charge in [0.15, 0.2) is 0 Å². The van der Waals surface area contributed by atoms with Crippen LogP contribution < -0.4 is 10.9 Å². The van der Waals surface area contributed by atoms with Crippen LogP contribution in [-0.2, 0) is 9.53 Å². The molecule has 0 saturated heterocycles. The van der Waals surface area contributed by atoms with Crippen LogP contribution in [0.5, 0.6) is 0 Å². The van der Waals surface area contributed by atoms with Crippen LogP contribution in [0.3, 0.4) is 0 Å². The van der Waals surface area contributed by atoms with Crippen molar-refractivity contribution in [3.05, 3.63) is 34.2 Å². The molecule has 1 aromatic heterocycles. The summed E-state index contributed by atoms with van der Waals surface area (Å²) in [6, 6.07) is 3.87. The molecule has 6 nitrogen and oxygen atoms in total. The average molecular weight is 209 g/mol. The lowest BCUT2D eigenvalue weighted by Gasteiger charge is -2.01. The van der Waals surface area contributed by atoms with E-state index in [4.69, 9.17) is 0 Å². The highest BCUT2D eigenvalue weighted by atomic mass is 16.5. The van der Waals surface area contributed by atoms with Crippen molar-refractivity contribution >= 4 is 11.9 Å². The van der Waals surface area contributed by atoms with Crippen LogP contribution in [0.1, 0.15) is 10.4 Å². The van der Waals surface area contributed by atoms with E-state index in [2.05, 4.69) is 21.1 Å². The summed E-state index contributed by atoms with van der Waals surface area (Å²) in [6.07, 6.45) is 1.36. The molecule has 0 spiro atoms. The fourth-order valence-corrected chi connectivity index (χ4v) is 0.862. The number of hydrogen-bond donors (Lipinski definition) is 2. The molecule has 1 radical (unpaired) electrons. The summed E-state index contributed by atoms with van der Waals surface area (Å²) in [7, 11) is 1.20. The van der Waals surface area contributed by atoms with Crippen molar-refractivity contribution in [1.29, 1.82) is 0 Å². The van der Waals surface area contributed by atoms with E-state index in [-0.39, 0.29) is 12.1 Å². The summed E-state index contributed by atoms with van der Waals surface area (Å²) in [5, 5.41) is 2.23. The number of carbonyl (C=O) groups is 2. The lowest BCUT2D eigenvalue weighted by atomic mass is 10.2. The Bertz CT molecular complexity index is 424. The number of carbonyl (C=O) groups excluding carboxylic acids is 2. The normalized spacial score (nSPS) is 9.40. The fourth-order valence-electron chi connectivity index (χ4n) is 0.862. The zero-order valence-corrected chi connectivity index (χ0v) is 7.99. The third kappa shape index (κ3) is 2.94. The first-order valence-corrected chi connectivity index (χ1v) is 4.09. The molecule has 0 fully saturated rings. The molecule has 6 heteroatoms. The van der Waals surface area contributed by atoms with Gasteiger partial charge in [0.1, 0.15) is 12.1 Å². The number of methoxy groups -OCH3 is 1. The van der Waals surface area contributed by atoms with Crippen LogP contribution in [-0.4, -0.2) is 30.5 Å². The van der Waals surface area contributed by atoms with Gasteiger partial charge in [0.05, 0.1) is 7.11 Å². The molecule has 0 unspecified atom stereocenters. The zero-order valence-electron chi connectivity index (χ0n) is 7.99. The minimum absolute atomic E-state index is 0.165. The summed E-state index contributed by atoms with van der Waals surface area (Å²) in [5.41, 5.74) is -0.721. The number of ether oxygens (including phenoxy) is 1. The van der Waals surface area contributed by atoms with Crippen molar-refractivity contribution in [1.82, 2.24) is 10.3 Å². The molecular formula is C9H9N2O4. The Hall–Kier alpha value is -2.11. The highest BCUT2D eigenvalue weighted by molar-refractivity contribution is 5.95. The highest BCUT2D eigenvalue weighted by Gasteiger charge is 2.10. The quantitative estimate of drug-likeness (QED) is 0.630. The van der Waals surface area contributed by atoms with Crippen molar-refractivity contribution in [3.8, 4) is 0 Å². The number of nitrogens with one attached hydrogen (secondary N) is 2. The molecule has 0 saturated carbocycles. The van der Waals surface area contributed by atoms with Gasteiger partial charge < -0.3 is 15.0 Å². The smallest absolute Gasteiger partial charge is 0.325 e. The number of rotatable bonds is 3. The van der Waals surface area contributed by atoms with Gasteiger partial charge in [-0.25, -0.2) is 0 Å². The van der Waals surface area contributed by atoms with E-state index in [0.29, 0.717) is 0 Å². The maximum atomic E-state index is 11.3. The summed E-state index contributed by atoms with van der Waals surface area (Å²) in [4.78, 5) is 35.4. The van der Waals surface area contributed by atoms with E-state index in [0.717, 1.165) is 0 Å². The molecule has 0 atom stereocenters. The predicted molar refractivity (Wildman–Crippen MR) is 50.2 cm³/mol. The Morgan fingerprint density at radius 1 is 1.60 bits per heavy atom. The maximum absolute atomic E-state index is 11.3. The minimum Gasteiger partial charge on any atom is -0.468 e. The molecule has 1 aromatic rings. The van der Waals surface area contributed by atoms with Crippen LogP contribution in [0.2, 0.25) is 0 Å². The first kappa shape index (κ1) is 11.0. The topological polar surface area (TPSA) is 88.3 Å². The number of esters is 1. The van der Waals surface area contributed by atoms with Crippen molar-refractivity contribution in [2.75, 3.05) is 13.7 Å². The number of H-pyrrole nitrogens is 1. The molecule has 2 N–H and O–H groups in total. The monoisotopic (exact) mass is 209 g/mol. The molecule has 0 aliphatic carbocycles. The van der Waals surface area contributed by atoms with Gasteiger partial charge in [-0.15, -0.1) is 0 Å². The third-order valence-electron chi connectivity index (χ3n) is 1.60. The van der Waals surface area contributed by atoms with Crippen LogP contribution in [0.25, 0.3) is 0 Å². The Labute approximate surface area is 85.3 Å². The van der Waals surface area contributed by atoms with E-state index in [1.165, 1.54) is 19.4 Å². The Kier molecular flexibility index (Phi) is 3.61. The van der Waals surface area contributed by atoms with E-state index in [1.54, 1.807) is 0 Å². The van der Waals surface area contributed by atoms with Gasteiger partial charge in [-0.05, 0) is 6.07 Å². The number of hydrogen-bond acceptors (Lipinski definition) is 4. The Morgan fingerprint density at radius 3 is 2.93 bits per heavy atom. The van der Waals surface area contributed by atoms with Gasteiger partial charge in [-0.3, -0.25) is 14.4 Å². The number of pyridine rings is 1. The highest BCUT2D eigenvalue weighted by Crippen LogP contribution is 1.87. The van der Waals surface area contributed by atoms with Crippen LogP contribution in [0, 0.1) is 6.07 Å². The van der Waals surface area contributed by atoms with Crippen molar-refractivity contribution in [3.63, 3.8) is 0 Å². The SMILES string of the molecule is COC(=O)CNC(=O)c1[c]cc[nH]c1=O. The lowest BCUT2D eigenvalue weighted by Crippen LogP contribution is -2.33. The largest absolute Gasteiger partial charge is 0.468 e. The third-order valence-corrected chi connectivity index (χ3v) is 1.60. The summed E-state index contributed by atoms with van der Waals surface area (Å²) in [5.74, 6) is -1.25. The second-order valence-electron chi connectivity index (χ2n) is 2.58. The van der Waals surface area contributed by atoms with Gasteiger partial charge in [-0.2, -0.15) is 0 Å². The molecule has 0 aliphatic rings. The molecular weight excluding hydrogens is 200 g/mol. The van der Waals surface area contributed by atoms with E-state index >= 15 is 0 Å². The second-order valence-corrected chi connectivity index (χ2v) is 2.58. The van der Waals surface area contributed by atoms with Gasteiger partial charge >= 0.3 is 5.97 Å². The Balaban J connectivity index is 2.66. The van der Waals surface area contributed by atoms with Crippen LogP contribution in [0.4, 0.5) is 0 Å². The molecule has 79 valence electrons. The number of amides is 1. The van der Waals surface area contributed by atoms with Gasteiger partial charge in [0.2, 0.25) is 0 Å². The summed E-state index contributed by atoms with van der Waals surface area (Å²) in [6.45, 7) is -0.280. The predicted octanol–water partition coefficient (Wildman–Crippen LogP) is -0.922. The van der Waals surface area contributed by atoms with E-state index in [9.17, 15) is 14.4 Å². The first-order chi connectivity index (χ1) is 7.15. The zero-order chi connectivity index (χ0) is 11.3. The summed E-state index contributed by atoms with van der Waals surface area (Å²) < 4.78 is 4.32. The summed E-state index contributed by atoms with van der Waals surface area (Å²) >= 11 is 0. The van der Waals surface area contributed by atoms with E-state index in [1.807, 2.05) is 0 Å². The standard InChI is InChI=1S/C9H9N2O4/c1-15-7(12)5-11-9(14)6-3-2-4-10-8(6)13/h2,4H,5H2,1H3,(H,10,13)(H,11,14). The number of aromatic nitrogens is 1. The van der Waals surface area contributed by atoms with Gasteiger partial charge in [0, 0.05) is 12.3 Å². The second kappa shape index (κ2) is 4.94. The molecule has 15 heavy (non-hydrogen) atoms. The fraction of sp³-hybridized carbons (Fsp3) is 0.222. The van der Waals surface area contributed by atoms with Crippen molar-refractivity contribution < 1.29 is 14.3 Å². The molecule has 0 bridgehead atoms. The lowest BCUT2D eigenvalue weighted by molar-refractivity contribution is -0.139. The molecule has 1 rings (SSSR count). The Morgan fingerprint density at radius 2 is 2.33 bits per heavy atom. The van der Waals surface area contributed by atoms with Crippen LogP contribution >= 0.6 is 0 Å². The number of aromatic amines is 1. The van der Waals surface area contributed by atoms with Gasteiger partial charge in [-0.1, -0.05) is 0 Å². The average Bonchev–Trinajstić information content (AvgIpc) is 2.26. The van der Waals surface area contributed by atoms with Crippen LogP contribution in [0.15, 0.2) is 17.1 Å². The molecule has 0 aliphatic heterocycles. The first-order valence-electron chi connectivity index (χ1n) is 4.09. The van der Waals surface area contributed by atoms with Crippen molar-refractivity contribution in [2.24, 2.45) is 0 Å². The minimum atomic E-state index is -0.665. The maximum Gasteiger partial charge on any atom is 0.325 e. The van der Waals surface area contributed by atoms with Crippen molar-refractivity contribution in [2.45, 2.75) is 0 Å². The molecule has 0 aromatic carbocycles. The molecule has 1 amide bonds. The van der Waals surface area contributed by atoms with Gasteiger partial charge in [0.25, 0.3) is 11.5 Å². The van der Waals surface area contributed by atoms with E-state index < -0.39 is 17.4 Å².